The lowest BCUT2D eigenvalue weighted by molar-refractivity contribution is 0.0946. The van der Waals surface area contributed by atoms with E-state index < -0.39 is 0 Å². The predicted molar refractivity (Wildman–Crippen MR) is 84.4 cm³/mol. The summed E-state index contributed by atoms with van der Waals surface area (Å²) in [4.78, 5) is 12.4. The molecule has 3 rings (SSSR count). The van der Waals surface area contributed by atoms with Crippen molar-refractivity contribution in [2.45, 2.75) is 19.3 Å². The van der Waals surface area contributed by atoms with Crippen LogP contribution in [0.25, 0.3) is 0 Å². The molecule has 0 bridgehead atoms. The van der Waals surface area contributed by atoms with Gasteiger partial charge in [0, 0.05) is 12.5 Å². The molecule has 1 amide bonds. The van der Waals surface area contributed by atoms with E-state index in [-0.39, 0.29) is 12.7 Å². The van der Waals surface area contributed by atoms with Crippen molar-refractivity contribution >= 4 is 5.91 Å². The molecular formula is C18H19NO3. The second kappa shape index (κ2) is 6.52. The molecule has 1 unspecified atom stereocenters. The van der Waals surface area contributed by atoms with Crippen LogP contribution in [-0.4, -0.2) is 19.2 Å². The average Bonchev–Trinajstić information content (AvgIpc) is 3.04. The molecule has 1 heterocycles. The number of nitrogens with one attached hydrogen (secondary N) is 1. The van der Waals surface area contributed by atoms with Gasteiger partial charge in [0.05, 0.1) is 5.56 Å². The first-order chi connectivity index (χ1) is 10.8. The highest BCUT2D eigenvalue weighted by atomic mass is 16.7. The molecule has 0 aliphatic carbocycles. The molecule has 1 aliphatic heterocycles. The molecule has 0 fully saturated rings. The predicted octanol–water partition coefficient (Wildman–Crippen LogP) is 3.34. The fourth-order valence-electron chi connectivity index (χ4n) is 2.64. The molecular weight excluding hydrogens is 278 g/mol. The number of hydrogen-bond donors (Lipinski definition) is 1. The van der Waals surface area contributed by atoms with Gasteiger partial charge >= 0.3 is 0 Å². The largest absolute Gasteiger partial charge is 0.454 e. The Hall–Kier alpha value is -2.49. The Morgan fingerprint density at radius 1 is 1.14 bits per heavy atom. The number of carbonyl (C=O) groups is 1. The van der Waals surface area contributed by atoms with Crippen molar-refractivity contribution in [3.05, 3.63) is 59.7 Å². The lowest BCUT2D eigenvalue weighted by Crippen LogP contribution is -2.28. The molecule has 4 nitrogen and oxygen atoms in total. The van der Waals surface area contributed by atoms with Crippen molar-refractivity contribution < 1.29 is 14.3 Å². The zero-order valence-corrected chi connectivity index (χ0v) is 12.5. The SMILES string of the molecule is CCC(CNC(=O)c1cccc2c1OCO2)c1ccccc1. The van der Waals surface area contributed by atoms with Crippen LogP contribution in [0.2, 0.25) is 0 Å². The van der Waals surface area contributed by atoms with Crippen LogP contribution in [0.4, 0.5) is 0 Å². The molecule has 1 N–H and O–H groups in total. The van der Waals surface area contributed by atoms with Crippen LogP contribution >= 0.6 is 0 Å². The first-order valence-electron chi connectivity index (χ1n) is 7.51. The lowest BCUT2D eigenvalue weighted by Gasteiger charge is -2.16. The third kappa shape index (κ3) is 2.91. The maximum atomic E-state index is 12.4. The number of carbonyl (C=O) groups excluding carboxylic acids is 1. The standard InChI is InChI=1S/C18H19NO3/c1-2-13(14-7-4-3-5-8-14)11-19-18(20)15-9-6-10-16-17(15)22-12-21-16/h3-10,13H,2,11-12H2,1H3,(H,19,20). The summed E-state index contributed by atoms with van der Waals surface area (Å²) in [5.41, 5.74) is 1.76. The van der Waals surface area contributed by atoms with Gasteiger partial charge < -0.3 is 14.8 Å². The molecule has 2 aromatic carbocycles. The number of ether oxygens (including phenoxy) is 2. The summed E-state index contributed by atoms with van der Waals surface area (Å²) in [5, 5.41) is 3.00. The summed E-state index contributed by atoms with van der Waals surface area (Å²) in [6.07, 6.45) is 0.969. The first-order valence-corrected chi connectivity index (χ1v) is 7.51. The normalized spacial score (nSPS) is 13.7. The molecule has 4 heteroatoms. The first kappa shape index (κ1) is 14.4. The van der Waals surface area contributed by atoms with Crippen LogP contribution in [0, 0.1) is 0 Å². The number of hydrogen-bond acceptors (Lipinski definition) is 3. The minimum absolute atomic E-state index is 0.128. The number of amides is 1. The molecule has 0 saturated heterocycles. The highest BCUT2D eigenvalue weighted by Gasteiger charge is 2.22. The average molecular weight is 297 g/mol. The Bertz CT molecular complexity index is 655. The quantitative estimate of drug-likeness (QED) is 0.920. The summed E-state index contributed by atoms with van der Waals surface area (Å²) in [7, 11) is 0. The topological polar surface area (TPSA) is 47.6 Å². The van der Waals surface area contributed by atoms with Gasteiger partial charge in [-0.1, -0.05) is 43.3 Å². The van der Waals surface area contributed by atoms with Crippen LogP contribution in [0.5, 0.6) is 11.5 Å². The summed E-state index contributed by atoms with van der Waals surface area (Å²) in [6.45, 7) is 2.89. The second-order valence-electron chi connectivity index (χ2n) is 5.27. The van der Waals surface area contributed by atoms with E-state index in [9.17, 15) is 4.79 Å². The van der Waals surface area contributed by atoms with Gasteiger partial charge in [-0.05, 0) is 24.1 Å². The van der Waals surface area contributed by atoms with E-state index in [0.717, 1.165) is 6.42 Å². The molecule has 22 heavy (non-hydrogen) atoms. The maximum absolute atomic E-state index is 12.4. The van der Waals surface area contributed by atoms with Crippen LogP contribution in [0.1, 0.15) is 35.2 Å². The number of fused-ring (bicyclic) bond motifs is 1. The Labute approximate surface area is 130 Å². The summed E-state index contributed by atoms with van der Waals surface area (Å²) in [6, 6.07) is 15.6. The van der Waals surface area contributed by atoms with Gasteiger partial charge in [-0.15, -0.1) is 0 Å². The van der Waals surface area contributed by atoms with Crippen molar-refractivity contribution in [2.75, 3.05) is 13.3 Å². The maximum Gasteiger partial charge on any atom is 0.255 e. The van der Waals surface area contributed by atoms with Crippen molar-refractivity contribution in [3.8, 4) is 11.5 Å². The molecule has 2 aromatic rings. The van der Waals surface area contributed by atoms with Gasteiger partial charge in [-0.25, -0.2) is 0 Å². The minimum atomic E-state index is -0.128. The van der Waals surface area contributed by atoms with E-state index in [4.69, 9.17) is 9.47 Å². The highest BCUT2D eigenvalue weighted by molar-refractivity contribution is 5.98. The van der Waals surface area contributed by atoms with Gasteiger partial charge in [0.25, 0.3) is 5.91 Å². The van der Waals surface area contributed by atoms with Gasteiger partial charge in [0.15, 0.2) is 11.5 Å². The van der Waals surface area contributed by atoms with Crippen molar-refractivity contribution in [3.63, 3.8) is 0 Å². The fraction of sp³-hybridized carbons (Fsp3) is 0.278. The highest BCUT2D eigenvalue weighted by Crippen LogP contribution is 2.35. The van der Waals surface area contributed by atoms with Gasteiger partial charge in [-0.2, -0.15) is 0 Å². The van der Waals surface area contributed by atoms with Crippen molar-refractivity contribution in [2.24, 2.45) is 0 Å². The monoisotopic (exact) mass is 297 g/mol. The van der Waals surface area contributed by atoms with Crippen LogP contribution in [0.3, 0.4) is 0 Å². The third-order valence-corrected chi connectivity index (χ3v) is 3.91. The van der Waals surface area contributed by atoms with E-state index in [1.807, 2.05) is 18.2 Å². The Morgan fingerprint density at radius 3 is 2.73 bits per heavy atom. The molecule has 0 aromatic heterocycles. The van der Waals surface area contributed by atoms with Gasteiger partial charge in [-0.3, -0.25) is 4.79 Å². The van der Waals surface area contributed by atoms with E-state index >= 15 is 0 Å². The van der Waals surface area contributed by atoms with Gasteiger partial charge in [0.1, 0.15) is 0 Å². The van der Waals surface area contributed by atoms with Crippen molar-refractivity contribution in [1.82, 2.24) is 5.32 Å². The Kier molecular flexibility index (Phi) is 4.28. The Balaban J connectivity index is 1.69. The van der Waals surface area contributed by atoms with E-state index in [1.165, 1.54) is 5.56 Å². The fourth-order valence-corrected chi connectivity index (χ4v) is 2.64. The summed E-state index contributed by atoms with van der Waals surface area (Å²) in [5.74, 6) is 1.34. The third-order valence-electron chi connectivity index (χ3n) is 3.91. The zero-order chi connectivity index (χ0) is 15.4. The van der Waals surface area contributed by atoms with E-state index in [1.54, 1.807) is 18.2 Å². The molecule has 1 aliphatic rings. The van der Waals surface area contributed by atoms with Crippen LogP contribution in [-0.2, 0) is 0 Å². The second-order valence-corrected chi connectivity index (χ2v) is 5.27. The van der Waals surface area contributed by atoms with Crippen LogP contribution in [0.15, 0.2) is 48.5 Å². The number of para-hydroxylation sites is 1. The summed E-state index contributed by atoms with van der Waals surface area (Å²) < 4.78 is 10.7. The molecule has 0 spiro atoms. The zero-order valence-electron chi connectivity index (χ0n) is 12.5. The lowest BCUT2D eigenvalue weighted by atomic mass is 9.96. The van der Waals surface area contributed by atoms with E-state index in [2.05, 4.69) is 24.4 Å². The van der Waals surface area contributed by atoms with E-state index in [0.29, 0.717) is 29.5 Å². The molecule has 114 valence electrons. The number of rotatable bonds is 5. The van der Waals surface area contributed by atoms with Crippen molar-refractivity contribution in [1.29, 1.82) is 0 Å². The molecule has 1 atom stereocenters. The van der Waals surface area contributed by atoms with Gasteiger partial charge in [0.2, 0.25) is 6.79 Å². The minimum Gasteiger partial charge on any atom is -0.454 e. The summed E-state index contributed by atoms with van der Waals surface area (Å²) >= 11 is 0. The Morgan fingerprint density at radius 2 is 1.95 bits per heavy atom. The molecule has 0 saturated carbocycles. The number of benzene rings is 2. The van der Waals surface area contributed by atoms with Crippen LogP contribution < -0.4 is 14.8 Å². The molecule has 0 radical (unpaired) electrons. The smallest absolute Gasteiger partial charge is 0.255 e.